The molecule has 0 saturated heterocycles. The van der Waals surface area contributed by atoms with Gasteiger partial charge in [0.05, 0.1) is 5.69 Å². The predicted molar refractivity (Wildman–Crippen MR) is 70.0 cm³/mol. The fourth-order valence-corrected chi connectivity index (χ4v) is 3.12. The number of hydrogen-bond donors (Lipinski definition) is 1. The van der Waals surface area contributed by atoms with Crippen LogP contribution in [-0.2, 0) is 11.5 Å². The summed E-state index contributed by atoms with van der Waals surface area (Å²) < 4.78 is 13.1. The molecule has 0 aliphatic carbocycles. The fourth-order valence-electron chi connectivity index (χ4n) is 2.08. The molecule has 0 spiro atoms. The Kier molecular flexibility index (Phi) is 2.70. The van der Waals surface area contributed by atoms with E-state index in [1.807, 2.05) is 0 Å². The molecule has 0 unspecified atom stereocenters. The van der Waals surface area contributed by atoms with Gasteiger partial charge in [0.1, 0.15) is 11.6 Å². The van der Waals surface area contributed by atoms with Crippen molar-refractivity contribution in [3.8, 4) is 11.4 Å². The summed E-state index contributed by atoms with van der Waals surface area (Å²) in [5.74, 6) is 1.74. The van der Waals surface area contributed by atoms with Gasteiger partial charge in [0.2, 0.25) is 0 Å². The summed E-state index contributed by atoms with van der Waals surface area (Å²) in [4.78, 5) is 19.2. The minimum absolute atomic E-state index is 0.0799. The van der Waals surface area contributed by atoms with E-state index in [1.54, 1.807) is 24.8 Å². The topological polar surface area (TPSA) is 45.8 Å². The first-order valence-electron chi connectivity index (χ1n) is 5.61. The van der Waals surface area contributed by atoms with Gasteiger partial charge < -0.3 is 4.98 Å². The zero-order valence-electron chi connectivity index (χ0n) is 9.79. The second-order valence-corrected chi connectivity index (χ2v) is 5.28. The van der Waals surface area contributed by atoms with Crippen molar-refractivity contribution < 1.29 is 4.39 Å². The number of halogens is 1. The Balaban J connectivity index is 2.18. The lowest BCUT2D eigenvalue weighted by atomic mass is 10.1. The van der Waals surface area contributed by atoms with Crippen LogP contribution < -0.4 is 5.56 Å². The summed E-state index contributed by atoms with van der Waals surface area (Å²) in [6.45, 7) is 1.81. The molecular weight excluding hydrogens is 251 g/mol. The molecule has 18 heavy (non-hydrogen) atoms. The summed E-state index contributed by atoms with van der Waals surface area (Å²) in [6, 6.07) is 4.47. The Hall–Kier alpha value is -1.62. The Morgan fingerprint density at radius 3 is 3.00 bits per heavy atom. The minimum Gasteiger partial charge on any atom is -0.306 e. The van der Waals surface area contributed by atoms with Gasteiger partial charge in [0.25, 0.3) is 5.56 Å². The van der Waals surface area contributed by atoms with Crippen LogP contribution in [0.1, 0.15) is 16.8 Å². The number of aryl methyl sites for hydroxylation is 1. The third-order valence-electron chi connectivity index (χ3n) is 3.03. The number of nitrogens with one attached hydrogen (secondary N) is 1. The maximum absolute atomic E-state index is 13.1. The molecule has 0 saturated carbocycles. The SMILES string of the molecule is Cc1cc(F)ccc1-c1nc2c(c(=O)[nH]1)CSC2. The van der Waals surface area contributed by atoms with Crippen LogP contribution in [0.15, 0.2) is 23.0 Å². The smallest absolute Gasteiger partial charge is 0.255 e. The molecule has 2 heterocycles. The van der Waals surface area contributed by atoms with Crippen LogP contribution in [0.25, 0.3) is 11.4 Å². The highest BCUT2D eigenvalue weighted by Gasteiger charge is 2.18. The molecule has 1 aromatic heterocycles. The quantitative estimate of drug-likeness (QED) is 0.859. The molecule has 92 valence electrons. The van der Waals surface area contributed by atoms with Gasteiger partial charge in [-0.2, -0.15) is 11.8 Å². The maximum atomic E-state index is 13.1. The maximum Gasteiger partial charge on any atom is 0.255 e. The van der Waals surface area contributed by atoms with E-state index < -0.39 is 0 Å². The summed E-state index contributed by atoms with van der Waals surface area (Å²) >= 11 is 1.69. The lowest BCUT2D eigenvalue weighted by molar-refractivity contribution is 0.627. The minimum atomic E-state index is -0.282. The molecule has 0 radical (unpaired) electrons. The van der Waals surface area contributed by atoms with Crippen LogP contribution in [-0.4, -0.2) is 9.97 Å². The standard InChI is InChI=1S/C13H11FN2OS/c1-7-4-8(14)2-3-9(7)12-15-11-6-18-5-10(11)13(17)16-12/h2-4H,5-6H2,1H3,(H,15,16,17). The number of H-pyrrole nitrogens is 1. The number of rotatable bonds is 1. The van der Waals surface area contributed by atoms with Gasteiger partial charge in [-0.3, -0.25) is 4.79 Å². The van der Waals surface area contributed by atoms with E-state index in [4.69, 9.17) is 0 Å². The van der Waals surface area contributed by atoms with Crippen molar-refractivity contribution in [1.29, 1.82) is 0 Å². The first-order valence-corrected chi connectivity index (χ1v) is 6.77. The normalized spacial score (nSPS) is 13.7. The van der Waals surface area contributed by atoms with Crippen molar-refractivity contribution in [2.45, 2.75) is 18.4 Å². The van der Waals surface area contributed by atoms with E-state index in [1.165, 1.54) is 12.1 Å². The number of fused-ring (bicyclic) bond motifs is 1. The van der Waals surface area contributed by atoms with Crippen molar-refractivity contribution in [3.05, 3.63) is 51.2 Å². The van der Waals surface area contributed by atoms with Crippen molar-refractivity contribution in [3.63, 3.8) is 0 Å². The van der Waals surface area contributed by atoms with Crippen LogP contribution in [0.4, 0.5) is 4.39 Å². The number of thioether (sulfide) groups is 1. The molecular formula is C13H11FN2OS. The highest BCUT2D eigenvalue weighted by molar-refractivity contribution is 7.98. The lowest BCUT2D eigenvalue weighted by Gasteiger charge is -2.06. The molecule has 3 nitrogen and oxygen atoms in total. The van der Waals surface area contributed by atoms with Gasteiger partial charge >= 0.3 is 0 Å². The van der Waals surface area contributed by atoms with E-state index in [2.05, 4.69) is 9.97 Å². The van der Waals surface area contributed by atoms with Crippen LogP contribution in [0.5, 0.6) is 0 Å². The number of nitrogens with zero attached hydrogens (tertiary/aromatic N) is 1. The number of aromatic amines is 1. The molecule has 1 N–H and O–H groups in total. The molecule has 1 aliphatic heterocycles. The average Bonchev–Trinajstić information content (AvgIpc) is 2.77. The van der Waals surface area contributed by atoms with E-state index in [0.29, 0.717) is 5.82 Å². The highest BCUT2D eigenvalue weighted by Crippen LogP contribution is 2.27. The van der Waals surface area contributed by atoms with Crippen LogP contribution in [0.3, 0.4) is 0 Å². The number of hydrogen-bond acceptors (Lipinski definition) is 3. The summed E-state index contributed by atoms with van der Waals surface area (Å²) in [7, 11) is 0. The monoisotopic (exact) mass is 262 g/mol. The zero-order chi connectivity index (χ0) is 12.7. The Morgan fingerprint density at radius 2 is 2.22 bits per heavy atom. The van der Waals surface area contributed by atoms with E-state index in [9.17, 15) is 9.18 Å². The van der Waals surface area contributed by atoms with Crippen molar-refractivity contribution >= 4 is 11.8 Å². The summed E-state index contributed by atoms with van der Waals surface area (Å²) in [5.41, 5.74) is 3.08. The molecule has 0 fully saturated rings. The Morgan fingerprint density at radius 1 is 1.39 bits per heavy atom. The lowest BCUT2D eigenvalue weighted by Crippen LogP contribution is -2.15. The van der Waals surface area contributed by atoms with Gasteiger partial charge in [-0.1, -0.05) is 0 Å². The second kappa shape index (κ2) is 4.24. The van der Waals surface area contributed by atoms with Gasteiger partial charge in [-0.25, -0.2) is 9.37 Å². The summed E-state index contributed by atoms with van der Waals surface area (Å²) in [6.07, 6.45) is 0. The third-order valence-corrected chi connectivity index (χ3v) is 4.00. The van der Waals surface area contributed by atoms with Gasteiger partial charge in [0, 0.05) is 22.6 Å². The third kappa shape index (κ3) is 1.84. The second-order valence-electron chi connectivity index (χ2n) is 4.29. The van der Waals surface area contributed by atoms with Gasteiger partial charge in [-0.15, -0.1) is 0 Å². The van der Waals surface area contributed by atoms with Crippen LogP contribution >= 0.6 is 11.8 Å². The zero-order valence-corrected chi connectivity index (χ0v) is 10.6. The van der Waals surface area contributed by atoms with E-state index >= 15 is 0 Å². The Bertz CT molecular complexity index is 681. The van der Waals surface area contributed by atoms with Crippen LogP contribution in [0, 0.1) is 12.7 Å². The molecule has 5 heteroatoms. The molecule has 0 atom stereocenters. The summed E-state index contributed by atoms with van der Waals surface area (Å²) in [5, 5.41) is 0. The largest absolute Gasteiger partial charge is 0.306 e. The van der Waals surface area contributed by atoms with Crippen molar-refractivity contribution in [2.75, 3.05) is 0 Å². The molecule has 2 aromatic rings. The van der Waals surface area contributed by atoms with Crippen molar-refractivity contribution in [2.24, 2.45) is 0 Å². The number of benzene rings is 1. The van der Waals surface area contributed by atoms with Crippen molar-refractivity contribution in [1.82, 2.24) is 9.97 Å². The van der Waals surface area contributed by atoms with Gasteiger partial charge in [0.15, 0.2) is 0 Å². The molecule has 3 rings (SSSR count). The molecule has 0 amide bonds. The average molecular weight is 262 g/mol. The van der Waals surface area contributed by atoms with Gasteiger partial charge in [-0.05, 0) is 30.7 Å². The van der Waals surface area contributed by atoms with E-state index in [0.717, 1.165) is 33.9 Å². The van der Waals surface area contributed by atoms with E-state index in [-0.39, 0.29) is 11.4 Å². The molecule has 1 aliphatic rings. The highest BCUT2D eigenvalue weighted by atomic mass is 32.2. The number of aromatic nitrogens is 2. The van der Waals surface area contributed by atoms with Crippen LogP contribution in [0.2, 0.25) is 0 Å². The first kappa shape index (κ1) is 11.5. The fraction of sp³-hybridized carbons (Fsp3) is 0.231. The Labute approximate surface area is 107 Å². The first-order chi connectivity index (χ1) is 8.65. The predicted octanol–water partition coefficient (Wildman–Crippen LogP) is 2.63. The molecule has 0 bridgehead atoms. The molecule has 1 aromatic carbocycles.